The molecule has 9 heteroatoms. The van der Waals surface area contributed by atoms with Gasteiger partial charge in [-0.3, -0.25) is 4.79 Å². The molecule has 0 saturated carbocycles. The molecule has 0 aromatic heterocycles. The lowest BCUT2D eigenvalue weighted by molar-refractivity contribution is -0.116. The fourth-order valence-electron chi connectivity index (χ4n) is 3.94. The molecule has 1 N–H and O–H groups in total. The largest absolute Gasteiger partial charge is 0.367 e. The smallest absolute Gasteiger partial charge is 0.243 e. The molecule has 1 aliphatic rings. The molecule has 0 unspecified atom stereocenters. The molecular weight excluding hydrogens is 460 g/mol. The lowest BCUT2D eigenvalue weighted by atomic mass is 10.1. The van der Waals surface area contributed by atoms with Crippen LogP contribution >= 0.6 is 11.6 Å². The number of likely N-dealkylation sites (N-methyl/N-ethyl adjacent to an activating group) is 1. The van der Waals surface area contributed by atoms with E-state index in [0.29, 0.717) is 24.5 Å². The first-order valence-corrected chi connectivity index (χ1v) is 13.2. The average molecular weight is 493 g/mol. The molecule has 1 saturated heterocycles. The van der Waals surface area contributed by atoms with Gasteiger partial charge in [-0.15, -0.1) is 0 Å². The fraction of sp³-hybridized carbons (Fsp3) is 0.458. The van der Waals surface area contributed by atoms with E-state index in [1.807, 2.05) is 26.0 Å². The van der Waals surface area contributed by atoms with E-state index in [-0.39, 0.29) is 17.2 Å². The van der Waals surface area contributed by atoms with Crippen LogP contribution in [0.5, 0.6) is 0 Å². The number of benzene rings is 2. The van der Waals surface area contributed by atoms with E-state index < -0.39 is 10.0 Å². The molecule has 2 aromatic carbocycles. The summed E-state index contributed by atoms with van der Waals surface area (Å²) in [7, 11) is -1.37. The van der Waals surface area contributed by atoms with Crippen LogP contribution in [0.2, 0.25) is 5.02 Å². The SMILES string of the molecule is CCN(CC)S(=O)(=O)c1ccc(CCC(=O)Nc2cc(Cl)ccc2N2CCN(C)CC2)cc1. The quantitative estimate of drug-likeness (QED) is 0.578. The topological polar surface area (TPSA) is 73.0 Å². The molecule has 3 rings (SSSR count). The van der Waals surface area contributed by atoms with Crippen LogP contribution in [-0.4, -0.2) is 69.8 Å². The van der Waals surface area contributed by atoms with E-state index in [2.05, 4.69) is 22.2 Å². The van der Waals surface area contributed by atoms with Crippen molar-refractivity contribution in [2.24, 2.45) is 0 Å². The van der Waals surface area contributed by atoms with E-state index >= 15 is 0 Å². The Morgan fingerprint density at radius 1 is 1.03 bits per heavy atom. The number of sulfonamides is 1. The third kappa shape index (κ3) is 6.47. The first-order chi connectivity index (χ1) is 15.7. The Morgan fingerprint density at radius 2 is 1.67 bits per heavy atom. The van der Waals surface area contributed by atoms with Gasteiger partial charge in [-0.2, -0.15) is 4.31 Å². The first-order valence-electron chi connectivity index (χ1n) is 11.4. The minimum Gasteiger partial charge on any atom is -0.367 e. The van der Waals surface area contributed by atoms with Gasteiger partial charge in [-0.25, -0.2) is 8.42 Å². The van der Waals surface area contributed by atoms with Crippen molar-refractivity contribution in [3.05, 3.63) is 53.1 Å². The summed E-state index contributed by atoms with van der Waals surface area (Å²) in [4.78, 5) is 17.5. The molecule has 0 spiro atoms. The van der Waals surface area contributed by atoms with E-state index in [9.17, 15) is 13.2 Å². The maximum Gasteiger partial charge on any atom is 0.243 e. The number of rotatable bonds is 9. The summed E-state index contributed by atoms with van der Waals surface area (Å²) >= 11 is 6.20. The van der Waals surface area contributed by atoms with Crippen molar-refractivity contribution in [1.82, 2.24) is 9.21 Å². The predicted octanol–water partition coefficient (Wildman–Crippen LogP) is 3.69. The number of hydrogen-bond acceptors (Lipinski definition) is 5. The molecule has 1 heterocycles. The summed E-state index contributed by atoms with van der Waals surface area (Å²) in [5.41, 5.74) is 2.61. The second kappa shape index (κ2) is 11.3. The van der Waals surface area contributed by atoms with Gasteiger partial charge in [-0.05, 0) is 49.4 Å². The number of anilines is 2. The number of hydrogen-bond donors (Lipinski definition) is 1. The Hall–Kier alpha value is -2.13. The molecule has 0 bridgehead atoms. The third-order valence-corrected chi connectivity index (χ3v) is 8.28. The summed E-state index contributed by atoms with van der Waals surface area (Å²) < 4.78 is 26.7. The van der Waals surface area contributed by atoms with Crippen molar-refractivity contribution in [3.8, 4) is 0 Å². The second-order valence-corrected chi connectivity index (χ2v) is 10.6. The zero-order valence-electron chi connectivity index (χ0n) is 19.6. The van der Waals surface area contributed by atoms with Crippen LogP contribution in [-0.2, 0) is 21.2 Å². The van der Waals surface area contributed by atoms with Crippen LogP contribution in [0.4, 0.5) is 11.4 Å². The van der Waals surface area contributed by atoms with Gasteiger partial charge in [0.1, 0.15) is 0 Å². The van der Waals surface area contributed by atoms with Gasteiger partial charge in [0.15, 0.2) is 0 Å². The molecule has 1 aliphatic heterocycles. The maximum absolute atomic E-state index is 12.7. The molecule has 33 heavy (non-hydrogen) atoms. The Kier molecular flexibility index (Phi) is 8.75. The van der Waals surface area contributed by atoms with Crippen molar-refractivity contribution in [2.45, 2.75) is 31.6 Å². The van der Waals surface area contributed by atoms with Gasteiger partial charge >= 0.3 is 0 Å². The normalized spacial score (nSPS) is 15.1. The minimum absolute atomic E-state index is 0.104. The van der Waals surface area contributed by atoms with Gasteiger partial charge < -0.3 is 15.1 Å². The van der Waals surface area contributed by atoms with Crippen molar-refractivity contribution >= 4 is 38.9 Å². The molecule has 7 nitrogen and oxygen atoms in total. The molecule has 1 amide bonds. The first kappa shape index (κ1) is 25.5. The Bertz CT molecular complexity index is 1050. The van der Waals surface area contributed by atoms with Gasteiger partial charge in [0.05, 0.1) is 16.3 Å². The highest BCUT2D eigenvalue weighted by Crippen LogP contribution is 2.30. The van der Waals surface area contributed by atoms with Crippen molar-refractivity contribution in [3.63, 3.8) is 0 Å². The molecule has 0 aliphatic carbocycles. The molecule has 0 atom stereocenters. The molecule has 180 valence electrons. The standard InChI is InChI=1S/C24H33ClN4O3S/c1-4-29(5-2)33(31,32)21-10-6-19(7-11-21)8-13-24(30)26-22-18-20(25)9-12-23(22)28-16-14-27(3)15-17-28/h6-7,9-12,18H,4-5,8,13-17H2,1-3H3,(H,26,30). The highest BCUT2D eigenvalue weighted by Gasteiger charge is 2.21. The predicted molar refractivity (Wildman–Crippen MR) is 135 cm³/mol. The number of halogens is 1. The van der Waals surface area contributed by atoms with Crippen molar-refractivity contribution < 1.29 is 13.2 Å². The summed E-state index contributed by atoms with van der Waals surface area (Å²) in [5.74, 6) is -0.104. The highest BCUT2D eigenvalue weighted by molar-refractivity contribution is 7.89. The van der Waals surface area contributed by atoms with Crippen LogP contribution in [0.25, 0.3) is 0 Å². The molecule has 1 fully saturated rings. The lowest BCUT2D eigenvalue weighted by Crippen LogP contribution is -2.44. The van der Waals surface area contributed by atoms with Crippen LogP contribution in [0.1, 0.15) is 25.8 Å². The summed E-state index contributed by atoms with van der Waals surface area (Å²) in [6.45, 7) is 8.23. The molecular formula is C24H33ClN4O3S. The summed E-state index contributed by atoms with van der Waals surface area (Å²) in [5, 5.41) is 3.59. The van der Waals surface area contributed by atoms with Crippen LogP contribution in [0, 0.1) is 0 Å². The zero-order chi connectivity index (χ0) is 24.0. The number of nitrogens with zero attached hydrogens (tertiary/aromatic N) is 3. The third-order valence-electron chi connectivity index (χ3n) is 5.98. The van der Waals surface area contributed by atoms with E-state index in [1.54, 1.807) is 30.3 Å². The van der Waals surface area contributed by atoms with Crippen LogP contribution in [0.15, 0.2) is 47.4 Å². The van der Waals surface area contributed by atoms with Gasteiger partial charge in [0.25, 0.3) is 0 Å². The summed E-state index contributed by atoms with van der Waals surface area (Å²) in [6, 6.07) is 12.4. The van der Waals surface area contributed by atoms with E-state index in [4.69, 9.17) is 11.6 Å². The number of nitrogens with one attached hydrogen (secondary N) is 1. The maximum atomic E-state index is 12.7. The summed E-state index contributed by atoms with van der Waals surface area (Å²) in [6.07, 6.45) is 0.804. The van der Waals surface area contributed by atoms with Crippen molar-refractivity contribution in [1.29, 1.82) is 0 Å². The van der Waals surface area contributed by atoms with Gasteiger partial charge in [-0.1, -0.05) is 37.6 Å². The van der Waals surface area contributed by atoms with Crippen LogP contribution in [0.3, 0.4) is 0 Å². The van der Waals surface area contributed by atoms with Gasteiger partial charge in [0.2, 0.25) is 15.9 Å². The Labute approximate surface area is 202 Å². The lowest BCUT2D eigenvalue weighted by Gasteiger charge is -2.35. The zero-order valence-corrected chi connectivity index (χ0v) is 21.1. The number of amides is 1. The number of aryl methyl sites for hydroxylation is 1. The Balaban J connectivity index is 1.62. The minimum atomic E-state index is -3.48. The number of piperazine rings is 1. The fourth-order valence-corrected chi connectivity index (χ4v) is 5.57. The van der Waals surface area contributed by atoms with Gasteiger partial charge in [0, 0.05) is 50.7 Å². The second-order valence-electron chi connectivity index (χ2n) is 8.23. The number of carbonyl (C=O) groups is 1. The van der Waals surface area contributed by atoms with Crippen molar-refractivity contribution in [2.75, 3.05) is 56.5 Å². The van der Waals surface area contributed by atoms with Crippen LogP contribution < -0.4 is 10.2 Å². The highest BCUT2D eigenvalue weighted by atomic mass is 35.5. The monoisotopic (exact) mass is 492 g/mol. The average Bonchev–Trinajstić information content (AvgIpc) is 2.79. The molecule has 2 aromatic rings. The van der Waals surface area contributed by atoms with E-state index in [0.717, 1.165) is 43.1 Å². The van der Waals surface area contributed by atoms with E-state index in [1.165, 1.54) is 4.31 Å². The molecule has 0 radical (unpaired) electrons. The number of carbonyl (C=O) groups excluding carboxylic acids is 1. The Morgan fingerprint density at radius 3 is 2.27 bits per heavy atom.